The first-order valence-electron chi connectivity index (χ1n) is 10.8. The summed E-state index contributed by atoms with van der Waals surface area (Å²) in [6.07, 6.45) is 3.21. The highest BCUT2D eigenvalue weighted by Gasteiger charge is 2.31. The highest BCUT2D eigenvalue weighted by Crippen LogP contribution is 2.30. The monoisotopic (exact) mass is 391 g/mol. The maximum atomic E-state index is 13.1. The van der Waals surface area contributed by atoms with E-state index in [1.807, 2.05) is 54.3 Å². The molecule has 1 N–H and O–H groups in total. The van der Waals surface area contributed by atoms with Gasteiger partial charge in [-0.15, -0.1) is 0 Å². The van der Waals surface area contributed by atoms with Gasteiger partial charge in [-0.2, -0.15) is 0 Å². The normalized spacial score (nSPS) is 22.2. The molecule has 152 valence electrons. The number of amides is 1. The minimum atomic E-state index is -0.00718. The van der Waals surface area contributed by atoms with Crippen molar-refractivity contribution in [3.8, 4) is 0 Å². The first-order chi connectivity index (χ1) is 13.9. The maximum Gasteiger partial charge on any atom is 0.258 e. The molecule has 2 aliphatic heterocycles. The molecule has 1 atom stereocenters. The van der Waals surface area contributed by atoms with E-state index in [0.29, 0.717) is 12.1 Å². The van der Waals surface area contributed by atoms with Gasteiger partial charge in [0.1, 0.15) is 6.04 Å². The van der Waals surface area contributed by atoms with Crippen LogP contribution in [0.4, 0.5) is 5.69 Å². The third-order valence-electron chi connectivity index (χ3n) is 6.73. The van der Waals surface area contributed by atoms with Crippen molar-refractivity contribution in [2.45, 2.75) is 46.1 Å². The second-order valence-electron chi connectivity index (χ2n) is 8.84. The Bertz CT molecular complexity index is 911. The molecule has 2 aromatic rings. The van der Waals surface area contributed by atoms with Gasteiger partial charge in [-0.25, -0.2) is 0 Å². The molecule has 1 fully saturated rings. The first kappa shape index (κ1) is 19.8. The third-order valence-corrected chi connectivity index (χ3v) is 6.73. The van der Waals surface area contributed by atoms with Gasteiger partial charge >= 0.3 is 0 Å². The molecule has 0 aromatic heterocycles. The Kier molecular flexibility index (Phi) is 5.55. The minimum Gasteiger partial charge on any atom is -0.326 e. The number of aryl methyl sites for hydroxylation is 1. The Morgan fingerprint density at radius 2 is 1.69 bits per heavy atom. The average molecular weight is 392 g/mol. The Labute approximate surface area is 173 Å². The molecule has 2 aromatic carbocycles. The van der Waals surface area contributed by atoms with E-state index in [0.717, 1.165) is 47.8 Å². The fourth-order valence-electron chi connectivity index (χ4n) is 4.62. The minimum absolute atomic E-state index is 0.00718. The number of hydrogen-bond acceptors (Lipinski definition) is 2. The van der Waals surface area contributed by atoms with E-state index in [-0.39, 0.29) is 17.7 Å². The van der Waals surface area contributed by atoms with Gasteiger partial charge in [0, 0.05) is 23.4 Å². The van der Waals surface area contributed by atoms with Crippen molar-refractivity contribution in [3.05, 3.63) is 64.7 Å². The van der Waals surface area contributed by atoms with E-state index < -0.39 is 0 Å². The zero-order valence-electron chi connectivity index (χ0n) is 17.7. The van der Waals surface area contributed by atoms with E-state index in [2.05, 4.69) is 13.8 Å². The maximum absolute atomic E-state index is 13.1. The van der Waals surface area contributed by atoms with Gasteiger partial charge in [-0.05, 0) is 74.9 Å². The van der Waals surface area contributed by atoms with E-state index in [9.17, 15) is 9.59 Å². The first-order valence-corrected chi connectivity index (χ1v) is 10.8. The topological polar surface area (TPSA) is 41.8 Å². The molecule has 1 saturated heterocycles. The van der Waals surface area contributed by atoms with Gasteiger partial charge in [0.05, 0.1) is 13.1 Å². The number of anilines is 1. The quantitative estimate of drug-likeness (QED) is 0.814. The predicted octanol–water partition coefficient (Wildman–Crippen LogP) is 3.08. The van der Waals surface area contributed by atoms with Crippen molar-refractivity contribution < 1.29 is 14.5 Å². The van der Waals surface area contributed by atoms with Crippen molar-refractivity contribution >= 4 is 17.4 Å². The smallest absolute Gasteiger partial charge is 0.258 e. The lowest BCUT2D eigenvalue weighted by Crippen LogP contribution is -3.17. The summed E-state index contributed by atoms with van der Waals surface area (Å²) in [5.41, 5.74) is 4.68. The number of carbonyl (C=O) groups excluding carboxylic acids is 2. The zero-order chi connectivity index (χ0) is 20.5. The van der Waals surface area contributed by atoms with E-state index in [1.165, 1.54) is 17.7 Å². The highest BCUT2D eigenvalue weighted by molar-refractivity contribution is 6.08. The van der Waals surface area contributed by atoms with Crippen LogP contribution in [-0.2, 0) is 6.42 Å². The van der Waals surface area contributed by atoms with Crippen LogP contribution in [0.25, 0.3) is 0 Å². The summed E-state index contributed by atoms with van der Waals surface area (Å²) in [5, 5.41) is 0. The van der Waals surface area contributed by atoms with E-state index in [1.54, 1.807) is 0 Å². The standard InChI is InChI=1S/C25H30N2O2/c1-17-4-6-20(7-5-17)25(29)27-15-12-21-16-22(8-9-23(21)27)24(28)19(3)26-13-10-18(2)11-14-26/h4-9,16,18-19H,10-15H2,1-3H3/p+1/t19-/m0/s1. The predicted molar refractivity (Wildman–Crippen MR) is 116 cm³/mol. The van der Waals surface area contributed by atoms with Crippen molar-refractivity contribution in [3.63, 3.8) is 0 Å². The van der Waals surface area contributed by atoms with Gasteiger partial charge in [0.2, 0.25) is 5.78 Å². The van der Waals surface area contributed by atoms with Crippen molar-refractivity contribution in [2.24, 2.45) is 5.92 Å². The molecule has 1 amide bonds. The number of piperidine rings is 1. The molecule has 29 heavy (non-hydrogen) atoms. The van der Waals surface area contributed by atoms with Gasteiger partial charge in [-0.1, -0.05) is 24.6 Å². The SMILES string of the molecule is Cc1ccc(C(=O)N2CCc3cc(C(=O)[C@H](C)[NH+]4CCC(C)CC4)ccc32)cc1. The van der Waals surface area contributed by atoms with Crippen LogP contribution in [-0.4, -0.2) is 37.4 Å². The molecular formula is C25H31N2O2+. The number of fused-ring (bicyclic) bond motifs is 1. The van der Waals surface area contributed by atoms with Crippen molar-refractivity contribution in [2.75, 3.05) is 24.5 Å². The largest absolute Gasteiger partial charge is 0.326 e. The fourth-order valence-corrected chi connectivity index (χ4v) is 4.62. The number of carbonyl (C=O) groups is 2. The number of benzene rings is 2. The molecule has 4 rings (SSSR count). The fraction of sp³-hybridized carbons (Fsp3) is 0.440. The number of nitrogens with one attached hydrogen (secondary N) is 1. The van der Waals surface area contributed by atoms with Crippen molar-refractivity contribution in [1.29, 1.82) is 0 Å². The van der Waals surface area contributed by atoms with Crippen LogP contribution in [0, 0.1) is 12.8 Å². The molecule has 0 unspecified atom stereocenters. The zero-order valence-corrected chi connectivity index (χ0v) is 17.7. The second-order valence-corrected chi connectivity index (χ2v) is 8.84. The number of quaternary nitrogens is 1. The second kappa shape index (κ2) is 8.11. The molecular weight excluding hydrogens is 360 g/mol. The van der Waals surface area contributed by atoms with Crippen LogP contribution in [0.15, 0.2) is 42.5 Å². The summed E-state index contributed by atoms with van der Waals surface area (Å²) in [4.78, 5) is 29.3. The summed E-state index contributed by atoms with van der Waals surface area (Å²) in [6, 6.07) is 13.6. The molecule has 4 nitrogen and oxygen atoms in total. The number of Topliss-reactive ketones (excluding diaryl/α,β-unsaturated/α-hetero) is 1. The number of nitrogens with zero attached hydrogens (tertiary/aromatic N) is 1. The van der Waals surface area contributed by atoms with E-state index in [4.69, 9.17) is 0 Å². The summed E-state index contributed by atoms with van der Waals surface area (Å²) in [7, 11) is 0. The highest BCUT2D eigenvalue weighted by atomic mass is 16.2. The molecule has 2 aliphatic rings. The number of ketones is 1. The lowest BCUT2D eigenvalue weighted by atomic mass is 9.95. The Hall–Kier alpha value is -2.46. The molecule has 0 saturated carbocycles. The van der Waals surface area contributed by atoms with Gasteiger partial charge < -0.3 is 9.80 Å². The van der Waals surface area contributed by atoms with Crippen LogP contribution in [0.5, 0.6) is 0 Å². The number of likely N-dealkylation sites (tertiary alicyclic amines) is 1. The molecule has 4 heteroatoms. The van der Waals surface area contributed by atoms with Crippen LogP contribution < -0.4 is 9.80 Å². The van der Waals surface area contributed by atoms with Gasteiger partial charge in [0.25, 0.3) is 5.91 Å². The molecule has 0 aliphatic carbocycles. The lowest BCUT2D eigenvalue weighted by molar-refractivity contribution is -0.919. The summed E-state index contributed by atoms with van der Waals surface area (Å²) in [5.74, 6) is 1.03. The summed E-state index contributed by atoms with van der Waals surface area (Å²) >= 11 is 0. The summed E-state index contributed by atoms with van der Waals surface area (Å²) < 4.78 is 0. The summed E-state index contributed by atoms with van der Waals surface area (Å²) in [6.45, 7) is 9.22. The van der Waals surface area contributed by atoms with E-state index >= 15 is 0 Å². The number of rotatable bonds is 4. The number of hydrogen-bond donors (Lipinski definition) is 1. The lowest BCUT2D eigenvalue weighted by Gasteiger charge is -2.31. The Balaban J connectivity index is 1.50. The van der Waals surface area contributed by atoms with Crippen LogP contribution in [0.3, 0.4) is 0 Å². The molecule has 2 heterocycles. The van der Waals surface area contributed by atoms with Gasteiger partial charge in [0.15, 0.2) is 0 Å². The van der Waals surface area contributed by atoms with Crippen LogP contribution >= 0.6 is 0 Å². The van der Waals surface area contributed by atoms with Crippen LogP contribution in [0.2, 0.25) is 0 Å². The molecule has 0 radical (unpaired) electrons. The average Bonchev–Trinajstić information content (AvgIpc) is 3.16. The van der Waals surface area contributed by atoms with Crippen molar-refractivity contribution in [1.82, 2.24) is 0 Å². The van der Waals surface area contributed by atoms with Crippen LogP contribution in [0.1, 0.15) is 58.5 Å². The molecule has 0 bridgehead atoms. The van der Waals surface area contributed by atoms with Gasteiger partial charge in [-0.3, -0.25) is 9.59 Å². The third kappa shape index (κ3) is 3.99. The molecule has 0 spiro atoms. The Morgan fingerprint density at radius 1 is 1.03 bits per heavy atom. The Morgan fingerprint density at radius 3 is 2.38 bits per heavy atom.